The van der Waals surface area contributed by atoms with Gasteiger partial charge in [-0.1, -0.05) is 30.3 Å². The first kappa shape index (κ1) is 9.65. The van der Waals surface area contributed by atoms with E-state index in [1.54, 1.807) is 6.07 Å². The lowest BCUT2D eigenvalue weighted by molar-refractivity contribution is -0.383. The van der Waals surface area contributed by atoms with Crippen LogP contribution in [-0.4, -0.2) is 15.1 Å². The fraction of sp³-hybridized carbons (Fsp3) is 0. The Kier molecular flexibility index (Phi) is 1.98. The summed E-state index contributed by atoms with van der Waals surface area (Å²) in [7, 11) is 0. The molecule has 17 heavy (non-hydrogen) atoms. The van der Waals surface area contributed by atoms with Crippen molar-refractivity contribution < 1.29 is 4.92 Å². The first-order chi connectivity index (χ1) is 8.27. The Balaban J connectivity index is 2.52. The van der Waals surface area contributed by atoms with Crippen LogP contribution >= 0.6 is 0 Å². The fourth-order valence-corrected chi connectivity index (χ4v) is 1.89. The molecule has 0 saturated carbocycles. The van der Waals surface area contributed by atoms with Gasteiger partial charge in [0.25, 0.3) is 5.69 Å². The van der Waals surface area contributed by atoms with Crippen molar-refractivity contribution in [2.24, 2.45) is 0 Å². The summed E-state index contributed by atoms with van der Waals surface area (Å²) in [5.74, 6) is 0. The van der Waals surface area contributed by atoms with Crippen molar-refractivity contribution in [2.75, 3.05) is 0 Å². The molecule has 0 saturated heterocycles. The number of rotatable bonds is 1. The van der Waals surface area contributed by atoms with Crippen molar-refractivity contribution in [1.29, 1.82) is 0 Å². The van der Waals surface area contributed by atoms with Crippen molar-refractivity contribution in [2.45, 2.75) is 0 Å². The summed E-state index contributed by atoms with van der Waals surface area (Å²) in [4.78, 5) is 10.5. The topological polar surface area (TPSA) is 68.9 Å². The predicted octanol–water partition coefficient (Wildman–Crippen LogP) is 2.69. The third kappa shape index (κ3) is 1.40. The van der Waals surface area contributed by atoms with Crippen LogP contribution in [0.15, 0.2) is 42.5 Å². The van der Waals surface area contributed by atoms with E-state index < -0.39 is 4.92 Å². The molecule has 0 amide bonds. The SMILES string of the molecule is O=[N+]([O-])c1cccc2c1nnc1ccccc12. The molecule has 0 N–H and O–H groups in total. The Hall–Kier alpha value is -2.56. The Morgan fingerprint density at radius 2 is 1.71 bits per heavy atom. The summed E-state index contributed by atoms with van der Waals surface area (Å²) >= 11 is 0. The van der Waals surface area contributed by atoms with Gasteiger partial charge in [-0.15, -0.1) is 10.2 Å². The van der Waals surface area contributed by atoms with Gasteiger partial charge in [-0.2, -0.15) is 0 Å². The maximum atomic E-state index is 10.9. The molecular formula is C12H7N3O2. The number of hydrogen-bond donors (Lipinski definition) is 0. The van der Waals surface area contributed by atoms with E-state index in [1.807, 2.05) is 30.3 Å². The van der Waals surface area contributed by atoms with E-state index in [4.69, 9.17) is 0 Å². The molecule has 0 aliphatic rings. The Labute approximate surface area is 95.9 Å². The molecule has 0 bridgehead atoms. The van der Waals surface area contributed by atoms with Gasteiger partial charge in [0, 0.05) is 16.8 Å². The quantitative estimate of drug-likeness (QED) is 0.362. The van der Waals surface area contributed by atoms with Crippen LogP contribution < -0.4 is 0 Å². The van der Waals surface area contributed by atoms with E-state index in [-0.39, 0.29) is 5.69 Å². The van der Waals surface area contributed by atoms with Gasteiger partial charge in [-0.3, -0.25) is 10.1 Å². The largest absolute Gasteiger partial charge is 0.297 e. The van der Waals surface area contributed by atoms with Gasteiger partial charge in [-0.05, 0) is 6.07 Å². The average molecular weight is 225 g/mol. The van der Waals surface area contributed by atoms with E-state index in [2.05, 4.69) is 10.2 Å². The van der Waals surface area contributed by atoms with Crippen molar-refractivity contribution >= 4 is 27.5 Å². The van der Waals surface area contributed by atoms with Crippen LogP contribution in [0.5, 0.6) is 0 Å². The number of benzene rings is 2. The lowest BCUT2D eigenvalue weighted by Gasteiger charge is -2.01. The summed E-state index contributed by atoms with van der Waals surface area (Å²) in [5, 5.41) is 20.5. The number of nitro benzene ring substituents is 1. The van der Waals surface area contributed by atoms with E-state index in [0.717, 1.165) is 16.3 Å². The summed E-state index contributed by atoms with van der Waals surface area (Å²) in [5.41, 5.74) is 1.05. The Morgan fingerprint density at radius 3 is 2.53 bits per heavy atom. The van der Waals surface area contributed by atoms with E-state index in [1.165, 1.54) is 6.07 Å². The molecule has 82 valence electrons. The molecule has 0 aliphatic carbocycles. The number of nitrogens with zero attached hydrogens (tertiary/aromatic N) is 3. The maximum Gasteiger partial charge on any atom is 0.297 e. The summed E-state index contributed by atoms with van der Waals surface area (Å²) < 4.78 is 0. The van der Waals surface area contributed by atoms with E-state index in [0.29, 0.717) is 5.52 Å². The molecule has 3 aromatic rings. The zero-order valence-corrected chi connectivity index (χ0v) is 8.70. The van der Waals surface area contributed by atoms with E-state index in [9.17, 15) is 10.1 Å². The molecule has 0 aliphatic heterocycles. The lowest BCUT2D eigenvalue weighted by Crippen LogP contribution is -1.93. The van der Waals surface area contributed by atoms with Gasteiger partial charge in [-0.25, -0.2) is 0 Å². The fourth-order valence-electron chi connectivity index (χ4n) is 1.89. The molecule has 5 nitrogen and oxygen atoms in total. The van der Waals surface area contributed by atoms with Crippen LogP contribution in [0.3, 0.4) is 0 Å². The molecule has 0 radical (unpaired) electrons. The molecule has 1 heterocycles. The summed E-state index contributed by atoms with van der Waals surface area (Å²) in [6, 6.07) is 12.4. The van der Waals surface area contributed by atoms with Crippen LogP contribution in [0.25, 0.3) is 21.8 Å². The first-order valence-corrected chi connectivity index (χ1v) is 5.06. The van der Waals surface area contributed by atoms with Gasteiger partial charge in [0.2, 0.25) is 0 Å². The van der Waals surface area contributed by atoms with Crippen molar-refractivity contribution in [3.63, 3.8) is 0 Å². The molecule has 2 aromatic carbocycles. The van der Waals surface area contributed by atoms with Gasteiger partial charge < -0.3 is 0 Å². The molecule has 5 heteroatoms. The zero-order chi connectivity index (χ0) is 11.8. The van der Waals surface area contributed by atoms with E-state index >= 15 is 0 Å². The maximum absolute atomic E-state index is 10.9. The number of nitro groups is 1. The average Bonchev–Trinajstić information content (AvgIpc) is 2.37. The lowest BCUT2D eigenvalue weighted by atomic mass is 10.1. The highest BCUT2D eigenvalue weighted by atomic mass is 16.6. The smallest absolute Gasteiger partial charge is 0.258 e. The standard InChI is InChI=1S/C12H7N3O2/c16-15(17)11-7-3-5-9-8-4-1-2-6-10(8)13-14-12(9)11/h1-7H. The minimum Gasteiger partial charge on any atom is -0.258 e. The van der Waals surface area contributed by atoms with Gasteiger partial charge in [0.1, 0.15) is 0 Å². The van der Waals surface area contributed by atoms with Crippen LogP contribution in [0.1, 0.15) is 0 Å². The monoisotopic (exact) mass is 225 g/mol. The van der Waals surface area contributed by atoms with Gasteiger partial charge in [0.05, 0.1) is 10.4 Å². The normalized spacial score (nSPS) is 10.8. The van der Waals surface area contributed by atoms with Crippen LogP contribution in [0.4, 0.5) is 5.69 Å². The summed E-state index contributed by atoms with van der Waals surface area (Å²) in [6.45, 7) is 0. The van der Waals surface area contributed by atoms with Crippen LogP contribution in [0, 0.1) is 10.1 Å². The minimum atomic E-state index is -0.439. The highest BCUT2D eigenvalue weighted by molar-refractivity contribution is 6.06. The third-order valence-corrected chi connectivity index (χ3v) is 2.66. The second-order valence-corrected chi connectivity index (χ2v) is 3.65. The van der Waals surface area contributed by atoms with Crippen LogP contribution in [-0.2, 0) is 0 Å². The van der Waals surface area contributed by atoms with Crippen molar-refractivity contribution in [3.8, 4) is 0 Å². The molecule has 3 rings (SSSR count). The predicted molar refractivity (Wildman–Crippen MR) is 63.7 cm³/mol. The third-order valence-electron chi connectivity index (χ3n) is 2.66. The molecule has 0 atom stereocenters. The Morgan fingerprint density at radius 1 is 0.941 bits per heavy atom. The van der Waals surface area contributed by atoms with Gasteiger partial charge >= 0.3 is 0 Å². The number of aromatic nitrogens is 2. The number of fused-ring (bicyclic) bond motifs is 3. The molecular weight excluding hydrogens is 218 g/mol. The minimum absolute atomic E-state index is 0.0132. The summed E-state index contributed by atoms with van der Waals surface area (Å²) in [6.07, 6.45) is 0. The highest BCUT2D eigenvalue weighted by Crippen LogP contribution is 2.27. The second-order valence-electron chi connectivity index (χ2n) is 3.65. The molecule has 0 unspecified atom stereocenters. The highest BCUT2D eigenvalue weighted by Gasteiger charge is 2.14. The van der Waals surface area contributed by atoms with Crippen LogP contribution in [0.2, 0.25) is 0 Å². The van der Waals surface area contributed by atoms with Gasteiger partial charge in [0.15, 0.2) is 5.52 Å². The van der Waals surface area contributed by atoms with Crippen molar-refractivity contribution in [1.82, 2.24) is 10.2 Å². The molecule has 0 fully saturated rings. The number of hydrogen-bond acceptors (Lipinski definition) is 4. The molecule has 1 aromatic heterocycles. The first-order valence-electron chi connectivity index (χ1n) is 5.06. The Bertz CT molecular complexity index is 740. The second kappa shape index (κ2) is 3.48. The molecule has 0 spiro atoms. The number of non-ortho nitro benzene ring substituents is 1. The zero-order valence-electron chi connectivity index (χ0n) is 8.70. The van der Waals surface area contributed by atoms with Crippen molar-refractivity contribution in [3.05, 3.63) is 52.6 Å².